The lowest BCUT2D eigenvalue weighted by Gasteiger charge is -2.25. The van der Waals surface area contributed by atoms with Crippen LogP contribution in [0.3, 0.4) is 0 Å². The fourth-order valence-electron chi connectivity index (χ4n) is 2.54. The highest BCUT2D eigenvalue weighted by Gasteiger charge is 2.12. The third kappa shape index (κ3) is 6.06. The van der Waals surface area contributed by atoms with E-state index in [2.05, 4.69) is 56.2 Å². The van der Waals surface area contributed by atoms with Gasteiger partial charge in [-0.3, -0.25) is 4.90 Å². The Bertz CT molecular complexity index is 406. The van der Waals surface area contributed by atoms with Gasteiger partial charge in [0.15, 0.2) is 0 Å². The first-order valence-corrected chi connectivity index (χ1v) is 8.19. The average molecular weight is 292 g/mol. The van der Waals surface area contributed by atoms with Crippen LogP contribution in [0.5, 0.6) is 5.75 Å². The molecule has 1 aromatic carbocycles. The van der Waals surface area contributed by atoms with E-state index in [9.17, 15) is 0 Å². The van der Waals surface area contributed by atoms with Gasteiger partial charge in [0.05, 0.1) is 7.11 Å². The molecule has 0 heterocycles. The Labute approximate surface area is 130 Å². The molecular weight excluding hydrogens is 260 g/mol. The molecule has 1 aromatic rings. The van der Waals surface area contributed by atoms with E-state index >= 15 is 0 Å². The monoisotopic (exact) mass is 292 g/mol. The summed E-state index contributed by atoms with van der Waals surface area (Å²) in [5.41, 5.74) is 2.61. The molecule has 0 saturated carbocycles. The number of ether oxygens (including phenoxy) is 1. The minimum Gasteiger partial charge on any atom is -0.496 e. The van der Waals surface area contributed by atoms with E-state index in [1.165, 1.54) is 30.4 Å². The second-order valence-corrected chi connectivity index (χ2v) is 5.88. The van der Waals surface area contributed by atoms with E-state index in [-0.39, 0.29) is 0 Å². The molecule has 1 atom stereocenters. The summed E-state index contributed by atoms with van der Waals surface area (Å²) in [4.78, 5) is 2.41. The Kier molecular flexibility index (Phi) is 8.40. The van der Waals surface area contributed by atoms with Crippen LogP contribution in [0.2, 0.25) is 0 Å². The van der Waals surface area contributed by atoms with Gasteiger partial charge in [-0.25, -0.2) is 0 Å². The molecule has 0 aromatic heterocycles. The third-order valence-corrected chi connectivity index (χ3v) is 3.98. The molecule has 0 saturated heterocycles. The van der Waals surface area contributed by atoms with Crippen LogP contribution in [0.15, 0.2) is 18.2 Å². The van der Waals surface area contributed by atoms with Gasteiger partial charge in [0.1, 0.15) is 5.75 Å². The molecule has 0 spiro atoms. The first-order valence-electron chi connectivity index (χ1n) is 8.19. The standard InChI is InChI=1S/C18H32N2O/c1-6-8-15(3)20(4)14-17-12-16(13-19-11-7-2)9-10-18(17)21-5/h9-10,12,15,19H,6-8,11,13-14H2,1-5H3. The van der Waals surface area contributed by atoms with E-state index < -0.39 is 0 Å². The van der Waals surface area contributed by atoms with Crippen molar-refractivity contribution in [3.05, 3.63) is 29.3 Å². The summed E-state index contributed by atoms with van der Waals surface area (Å²) in [6.07, 6.45) is 3.63. The molecule has 3 heteroatoms. The van der Waals surface area contributed by atoms with Crippen molar-refractivity contribution in [3.63, 3.8) is 0 Å². The smallest absolute Gasteiger partial charge is 0.123 e. The number of nitrogens with one attached hydrogen (secondary N) is 1. The molecule has 120 valence electrons. The first kappa shape index (κ1) is 18.0. The van der Waals surface area contributed by atoms with Crippen molar-refractivity contribution in [2.24, 2.45) is 0 Å². The summed E-state index contributed by atoms with van der Waals surface area (Å²) in [5, 5.41) is 3.46. The third-order valence-electron chi connectivity index (χ3n) is 3.98. The highest BCUT2D eigenvalue weighted by Crippen LogP contribution is 2.22. The maximum atomic E-state index is 5.52. The summed E-state index contributed by atoms with van der Waals surface area (Å²) in [6, 6.07) is 7.12. The van der Waals surface area contributed by atoms with E-state index in [0.29, 0.717) is 6.04 Å². The number of hydrogen-bond acceptors (Lipinski definition) is 3. The molecule has 0 radical (unpaired) electrons. The second-order valence-electron chi connectivity index (χ2n) is 5.88. The predicted molar refractivity (Wildman–Crippen MR) is 90.8 cm³/mol. The summed E-state index contributed by atoms with van der Waals surface area (Å²) in [5.74, 6) is 0.991. The van der Waals surface area contributed by atoms with E-state index in [0.717, 1.165) is 25.4 Å². The minimum absolute atomic E-state index is 0.599. The lowest BCUT2D eigenvalue weighted by Crippen LogP contribution is -2.28. The van der Waals surface area contributed by atoms with Crippen LogP contribution in [0.25, 0.3) is 0 Å². The molecule has 21 heavy (non-hydrogen) atoms. The maximum Gasteiger partial charge on any atom is 0.123 e. The lowest BCUT2D eigenvalue weighted by atomic mass is 10.1. The maximum absolute atomic E-state index is 5.52. The number of nitrogens with zero attached hydrogens (tertiary/aromatic N) is 1. The molecule has 1 N–H and O–H groups in total. The van der Waals surface area contributed by atoms with Gasteiger partial charge in [0, 0.05) is 24.7 Å². The molecule has 0 fully saturated rings. The van der Waals surface area contributed by atoms with E-state index in [4.69, 9.17) is 4.74 Å². The Balaban J connectivity index is 2.75. The molecule has 1 unspecified atom stereocenters. The first-order chi connectivity index (χ1) is 10.1. The molecule has 1 rings (SSSR count). The van der Waals surface area contributed by atoms with E-state index in [1.54, 1.807) is 7.11 Å². The van der Waals surface area contributed by atoms with Gasteiger partial charge >= 0.3 is 0 Å². The van der Waals surface area contributed by atoms with Crippen LogP contribution < -0.4 is 10.1 Å². The summed E-state index contributed by atoms with van der Waals surface area (Å²) < 4.78 is 5.52. The fourth-order valence-corrected chi connectivity index (χ4v) is 2.54. The fraction of sp³-hybridized carbons (Fsp3) is 0.667. The highest BCUT2D eigenvalue weighted by atomic mass is 16.5. The number of hydrogen-bond donors (Lipinski definition) is 1. The van der Waals surface area contributed by atoms with Gasteiger partial charge in [-0.15, -0.1) is 0 Å². The predicted octanol–water partition coefficient (Wildman–Crippen LogP) is 3.82. The normalized spacial score (nSPS) is 12.7. The quantitative estimate of drug-likeness (QED) is 0.664. The van der Waals surface area contributed by atoms with Crippen LogP contribution in [0, 0.1) is 0 Å². The summed E-state index contributed by atoms with van der Waals surface area (Å²) >= 11 is 0. The largest absolute Gasteiger partial charge is 0.496 e. The average Bonchev–Trinajstić information content (AvgIpc) is 2.48. The molecule has 3 nitrogen and oxygen atoms in total. The Morgan fingerprint density at radius 2 is 2.00 bits per heavy atom. The number of rotatable bonds is 10. The zero-order chi connectivity index (χ0) is 15.7. The highest BCUT2D eigenvalue weighted by molar-refractivity contribution is 5.37. The summed E-state index contributed by atoms with van der Waals surface area (Å²) in [7, 11) is 3.95. The van der Waals surface area contributed by atoms with Gasteiger partial charge in [-0.1, -0.05) is 26.3 Å². The van der Waals surface area contributed by atoms with Crippen molar-refractivity contribution in [3.8, 4) is 5.75 Å². The zero-order valence-corrected chi connectivity index (χ0v) is 14.4. The van der Waals surface area contributed by atoms with Gasteiger partial charge in [-0.2, -0.15) is 0 Å². The van der Waals surface area contributed by atoms with Crippen LogP contribution in [0.4, 0.5) is 0 Å². The molecule has 0 aliphatic carbocycles. The molecule has 0 amide bonds. The lowest BCUT2D eigenvalue weighted by molar-refractivity contribution is 0.233. The SMILES string of the molecule is CCCNCc1ccc(OC)c(CN(C)C(C)CCC)c1. The molecule has 0 bridgehead atoms. The van der Waals surface area contributed by atoms with Crippen molar-refractivity contribution in [1.29, 1.82) is 0 Å². The van der Waals surface area contributed by atoms with Gasteiger partial charge in [0.2, 0.25) is 0 Å². The number of methoxy groups -OCH3 is 1. The molecular formula is C18H32N2O. The van der Waals surface area contributed by atoms with Crippen molar-refractivity contribution in [2.45, 2.75) is 59.2 Å². The van der Waals surface area contributed by atoms with Gasteiger partial charge in [-0.05, 0) is 51.1 Å². The van der Waals surface area contributed by atoms with Crippen molar-refractivity contribution >= 4 is 0 Å². The van der Waals surface area contributed by atoms with Gasteiger partial charge < -0.3 is 10.1 Å². The molecule has 0 aliphatic heterocycles. The van der Waals surface area contributed by atoms with Crippen molar-refractivity contribution < 1.29 is 4.74 Å². The minimum atomic E-state index is 0.599. The van der Waals surface area contributed by atoms with Crippen molar-refractivity contribution in [1.82, 2.24) is 10.2 Å². The topological polar surface area (TPSA) is 24.5 Å². The van der Waals surface area contributed by atoms with Crippen LogP contribution in [-0.2, 0) is 13.1 Å². The second kappa shape index (κ2) is 9.80. The van der Waals surface area contributed by atoms with E-state index in [1.807, 2.05) is 0 Å². The Morgan fingerprint density at radius 1 is 1.24 bits per heavy atom. The molecule has 0 aliphatic rings. The summed E-state index contributed by atoms with van der Waals surface area (Å²) in [6.45, 7) is 9.66. The van der Waals surface area contributed by atoms with Crippen LogP contribution in [0.1, 0.15) is 51.2 Å². The van der Waals surface area contributed by atoms with Crippen molar-refractivity contribution in [2.75, 3.05) is 20.7 Å². The Morgan fingerprint density at radius 3 is 2.62 bits per heavy atom. The van der Waals surface area contributed by atoms with Gasteiger partial charge in [0.25, 0.3) is 0 Å². The van der Waals surface area contributed by atoms with Crippen LogP contribution in [-0.4, -0.2) is 31.6 Å². The van der Waals surface area contributed by atoms with Crippen LogP contribution >= 0.6 is 0 Å². The number of benzene rings is 1. The Hall–Kier alpha value is -1.06. The zero-order valence-electron chi connectivity index (χ0n) is 14.4.